The standard InChI is InChI=1S/C21H30ClN3O10P2/c22-21-24-15-7-12(3-6-14(15)20(25-21)23-8-11-1-4-13(26)5-2-11)19-18(28)17(27)16(35-19)9-34-37(32,33)10-36(29,30)31/h3,6-7,11,13,16-19,26-28H,1-2,4-5,8-10H2,(H,32,33)(H,23,24,25)(H2,29,30,31)/t11?,13?,16-,17-,18-,19+/m1/s1. The molecule has 2 aliphatic rings. The number of aromatic nitrogens is 2. The fraction of sp³-hybridized carbons (Fsp3) is 0.619. The highest BCUT2D eigenvalue weighted by Crippen LogP contribution is 2.55. The Labute approximate surface area is 217 Å². The maximum atomic E-state index is 11.9. The predicted octanol–water partition coefficient (Wildman–Crippen LogP) is 1.75. The van der Waals surface area contributed by atoms with Gasteiger partial charge in [0.05, 0.1) is 18.2 Å². The minimum Gasteiger partial charge on any atom is -0.393 e. The molecule has 1 aromatic carbocycles. The molecule has 1 saturated carbocycles. The van der Waals surface area contributed by atoms with Gasteiger partial charge in [-0.3, -0.25) is 9.13 Å². The van der Waals surface area contributed by atoms with E-state index in [2.05, 4.69) is 15.3 Å². The lowest BCUT2D eigenvalue weighted by atomic mass is 9.87. The van der Waals surface area contributed by atoms with Crippen LogP contribution in [0.3, 0.4) is 0 Å². The molecule has 7 N–H and O–H groups in total. The van der Waals surface area contributed by atoms with Gasteiger partial charge in [0.15, 0.2) is 5.90 Å². The Balaban J connectivity index is 1.46. The topological polar surface area (TPSA) is 212 Å². The third-order valence-electron chi connectivity index (χ3n) is 6.56. The Hall–Kier alpha value is -1.21. The normalized spacial score (nSPS) is 30.4. The molecule has 0 bridgehead atoms. The van der Waals surface area contributed by atoms with Crippen LogP contribution in [-0.2, 0) is 18.4 Å². The number of benzene rings is 1. The van der Waals surface area contributed by atoms with Crippen LogP contribution in [-0.4, -0.2) is 83.4 Å². The van der Waals surface area contributed by atoms with Crippen molar-refractivity contribution in [2.75, 3.05) is 24.4 Å². The van der Waals surface area contributed by atoms with E-state index in [1.807, 2.05) is 0 Å². The zero-order valence-electron chi connectivity index (χ0n) is 19.6. The average molecular weight is 582 g/mol. The third-order valence-corrected chi connectivity index (χ3v) is 10.2. The molecule has 2 fully saturated rings. The van der Waals surface area contributed by atoms with E-state index in [0.717, 1.165) is 25.7 Å². The molecule has 1 aliphatic carbocycles. The quantitative estimate of drug-likeness (QED) is 0.166. The highest BCUT2D eigenvalue weighted by atomic mass is 35.5. The van der Waals surface area contributed by atoms with Crippen LogP contribution in [0.25, 0.3) is 10.9 Å². The van der Waals surface area contributed by atoms with Crippen LogP contribution >= 0.6 is 26.8 Å². The van der Waals surface area contributed by atoms with Crippen molar-refractivity contribution < 1.29 is 48.4 Å². The first kappa shape index (κ1) is 28.8. The van der Waals surface area contributed by atoms with Crippen molar-refractivity contribution in [3.63, 3.8) is 0 Å². The average Bonchev–Trinajstić information content (AvgIpc) is 3.09. The number of hydrogen-bond acceptors (Lipinski definition) is 10. The van der Waals surface area contributed by atoms with E-state index in [1.165, 1.54) is 0 Å². The molecule has 1 saturated heterocycles. The van der Waals surface area contributed by atoms with Gasteiger partial charge >= 0.3 is 15.2 Å². The molecule has 1 aliphatic heterocycles. The van der Waals surface area contributed by atoms with Crippen molar-refractivity contribution >= 4 is 43.5 Å². The van der Waals surface area contributed by atoms with E-state index >= 15 is 0 Å². The van der Waals surface area contributed by atoms with Crippen LogP contribution in [0.5, 0.6) is 0 Å². The Bertz CT molecular complexity index is 1210. The molecule has 0 radical (unpaired) electrons. The molecule has 1 aromatic heterocycles. The number of rotatable bonds is 9. The fourth-order valence-electron chi connectivity index (χ4n) is 4.65. The summed E-state index contributed by atoms with van der Waals surface area (Å²) in [5, 5.41) is 34.6. The zero-order chi connectivity index (χ0) is 27.0. The molecule has 2 aromatic rings. The number of anilines is 1. The number of fused-ring (bicyclic) bond motifs is 1. The Morgan fingerprint density at radius 2 is 1.76 bits per heavy atom. The smallest absolute Gasteiger partial charge is 0.340 e. The summed E-state index contributed by atoms with van der Waals surface area (Å²) in [7, 11) is -9.47. The highest BCUT2D eigenvalue weighted by molar-refractivity contribution is 7.70. The molecular weight excluding hydrogens is 552 g/mol. The van der Waals surface area contributed by atoms with Crippen molar-refractivity contribution in [3.8, 4) is 0 Å². The summed E-state index contributed by atoms with van der Waals surface area (Å²) in [4.78, 5) is 36.0. The Morgan fingerprint density at radius 1 is 1.05 bits per heavy atom. The van der Waals surface area contributed by atoms with Crippen LogP contribution in [0.2, 0.25) is 5.28 Å². The van der Waals surface area contributed by atoms with Crippen molar-refractivity contribution in [1.82, 2.24) is 9.97 Å². The summed E-state index contributed by atoms with van der Waals surface area (Å²) >= 11 is 6.14. The Kier molecular flexibility index (Phi) is 8.94. The summed E-state index contributed by atoms with van der Waals surface area (Å²) in [6.07, 6.45) is -2.06. The molecule has 5 atom stereocenters. The van der Waals surface area contributed by atoms with Crippen LogP contribution in [0.4, 0.5) is 5.82 Å². The number of halogens is 1. The number of ether oxygens (including phenoxy) is 1. The second kappa shape index (κ2) is 11.5. The van der Waals surface area contributed by atoms with Crippen molar-refractivity contribution in [1.29, 1.82) is 0 Å². The number of nitrogens with one attached hydrogen (secondary N) is 1. The highest BCUT2D eigenvalue weighted by Gasteiger charge is 2.45. The summed E-state index contributed by atoms with van der Waals surface area (Å²) in [5.74, 6) is -0.445. The first-order valence-electron chi connectivity index (χ1n) is 11.7. The molecule has 0 amide bonds. The lowest BCUT2D eigenvalue weighted by Crippen LogP contribution is -2.33. The largest absolute Gasteiger partial charge is 0.393 e. The molecule has 13 nitrogen and oxygen atoms in total. The summed E-state index contributed by atoms with van der Waals surface area (Å²) in [6.45, 7) is -0.0116. The minimum atomic E-state index is -4.81. The van der Waals surface area contributed by atoms with E-state index in [1.54, 1.807) is 18.2 Å². The first-order chi connectivity index (χ1) is 17.3. The van der Waals surface area contributed by atoms with Crippen LogP contribution < -0.4 is 5.32 Å². The van der Waals surface area contributed by atoms with E-state index in [-0.39, 0.29) is 11.4 Å². The van der Waals surface area contributed by atoms with E-state index in [4.69, 9.17) is 30.6 Å². The zero-order valence-corrected chi connectivity index (χ0v) is 22.2. The van der Waals surface area contributed by atoms with Gasteiger partial charge in [-0.05, 0) is 60.9 Å². The molecule has 2 heterocycles. The minimum absolute atomic E-state index is 0.00849. The van der Waals surface area contributed by atoms with E-state index in [9.17, 15) is 29.3 Å². The molecular formula is C21H30ClN3O10P2. The first-order valence-corrected chi connectivity index (χ1v) is 15.7. The van der Waals surface area contributed by atoms with Gasteiger partial charge in [-0.15, -0.1) is 0 Å². The fourth-order valence-corrected chi connectivity index (χ4v) is 7.39. The second-order valence-electron chi connectivity index (χ2n) is 9.49. The number of hydrogen-bond donors (Lipinski definition) is 7. The van der Waals surface area contributed by atoms with Gasteiger partial charge in [-0.2, -0.15) is 0 Å². The molecule has 0 spiro atoms. The molecule has 4 rings (SSSR count). The number of aliphatic hydroxyl groups excluding tert-OH is 3. The van der Waals surface area contributed by atoms with Gasteiger partial charge in [0.2, 0.25) is 5.28 Å². The lowest BCUT2D eigenvalue weighted by Gasteiger charge is -2.25. The predicted molar refractivity (Wildman–Crippen MR) is 133 cm³/mol. The van der Waals surface area contributed by atoms with Crippen molar-refractivity contribution in [2.45, 2.75) is 56.2 Å². The Morgan fingerprint density at radius 3 is 2.43 bits per heavy atom. The molecule has 1 unspecified atom stereocenters. The summed E-state index contributed by atoms with van der Waals surface area (Å²) in [6, 6.07) is 5.01. The van der Waals surface area contributed by atoms with Gasteiger partial charge < -0.3 is 44.6 Å². The summed E-state index contributed by atoms with van der Waals surface area (Å²) in [5.41, 5.74) is 0.913. The maximum Gasteiger partial charge on any atom is 0.340 e. The maximum absolute atomic E-state index is 11.9. The summed E-state index contributed by atoms with van der Waals surface area (Å²) < 4.78 is 33.3. The SMILES string of the molecule is O=P(O)(O)CP(=O)(O)OC[C@H]1O[C@@H](c2ccc3c(NCC4CCC(O)CC4)nc(Cl)nc3c2)[C@H](O)[C@@H]1O. The molecule has 206 valence electrons. The van der Waals surface area contributed by atoms with Gasteiger partial charge in [-0.1, -0.05) is 6.07 Å². The second-order valence-corrected chi connectivity index (χ2v) is 13.8. The van der Waals surface area contributed by atoms with Crippen LogP contribution in [0, 0.1) is 5.92 Å². The van der Waals surface area contributed by atoms with Crippen LogP contribution in [0.1, 0.15) is 37.4 Å². The third kappa shape index (κ3) is 7.46. The number of aliphatic hydroxyl groups is 3. The van der Waals surface area contributed by atoms with Gasteiger partial charge in [0.25, 0.3) is 0 Å². The van der Waals surface area contributed by atoms with E-state index in [0.29, 0.717) is 34.7 Å². The van der Waals surface area contributed by atoms with Gasteiger partial charge in [0, 0.05) is 11.9 Å². The molecule has 37 heavy (non-hydrogen) atoms. The monoisotopic (exact) mass is 581 g/mol. The van der Waals surface area contributed by atoms with Gasteiger partial charge in [0.1, 0.15) is 30.2 Å². The van der Waals surface area contributed by atoms with E-state index < -0.39 is 52.1 Å². The van der Waals surface area contributed by atoms with Gasteiger partial charge in [-0.25, -0.2) is 9.97 Å². The lowest BCUT2D eigenvalue weighted by molar-refractivity contribution is -0.0186. The molecule has 16 heteroatoms. The van der Waals surface area contributed by atoms with Crippen LogP contribution in [0.15, 0.2) is 18.2 Å². The number of nitrogens with zero attached hydrogens (tertiary/aromatic N) is 2. The van der Waals surface area contributed by atoms with Crippen molar-refractivity contribution in [2.24, 2.45) is 5.92 Å². The van der Waals surface area contributed by atoms with Crippen molar-refractivity contribution in [3.05, 3.63) is 29.0 Å².